The summed E-state index contributed by atoms with van der Waals surface area (Å²) in [6.07, 6.45) is 0. The molecule has 0 spiro atoms. The van der Waals surface area contributed by atoms with E-state index in [2.05, 4.69) is 10.6 Å². The molecule has 2 aromatic rings. The first-order valence-corrected chi connectivity index (χ1v) is 6.88. The fourth-order valence-corrected chi connectivity index (χ4v) is 2.25. The molecule has 1 aromatic carbocycles. The second kappa shape index (κ2) is 6.72. The van der Waals surface area contributed by atoms with Crippen molar-refractivity contribution in [2.24, 2.45) is 0 Å². The van der Waals surface area contributed by atoms with E-state index in [0.717, 1.165) is 5.56 Å². The van der Waals surface area contributed by atoms with Crippen LogP contribution in [0.5, 0.6) is 5.75 Å². The van der Waals surface area contributed by atoms with Gasteiger partial charge in [0.2, 0.25) is 0 Å². The molecule has 0 saturated heterocycles. The number of amides is 2. The van der Waals surface area contributed by atoms with Gasteiger partial charge in [-0.1, -0.05) is 12.1 Å². The topological polar surface area (TPSA) is 67.4 Å². The van der Waals surface area contributed by atoms with E-state index in [1.54, 1.807) is 24.3 Å². The Morgan fingerprint density at radius 1 is 1.20 bits per heavy atom. The molecule has 2 N–H and O–H groups in total. The van der Waals surface area contributed by atoms with Gasteiger partial charge < -0.3 is 15.4 Å². The van der Waals surface area contributed by atoms with Crippen molar-refractivity contribution in [1.82, 2.24) is 5.32 Å². The molecule has 0 radical (unpaired) electrons. The predicted molar refractivity (Wildman–Crippen MR) is 77.8 cm³/mol. The number of para-hydroxylation sites is 2. The Bertz CT molecular complexity index is 596. The van der Waals surface area contributed by atoms with Crippen molar-refractivity contribution < 1.29 is 14.3 Å². The van der Waals surface area contributed by atoms with Crippen molar-refractivity contribution >= 4 is 28.8 Å². The summed E-state index contributed by atoms with van der Waals surface area (Å²) in [6.45, 7) is 0.335. The van der Waals surface area contributed by atoms with Crippen LogP contribution in [0.25, 0.3) is 0 Å². The van der Waals surface area contributed by atoms with E-state index in [1.807, 2.05) is 16.8 Å². The predicted octanol–water partition coefficient (Wildman–Crippen LogP) is 2.01. The van der Waals surface area contributed by atoms with E-state index < -0.39 is 11.8 Å². The molecule has 20 heavy (non-hydrogen) atoms. The number of anilines is 1. The lowest BCUT2D eigenvalue weighted by molar-refractivity contribution is -0.136. The van der Waals surface area contributed by atoms with E-state index in [4.69, 9.17) is 4.74 Å². The summed E-state index contributed by atoms with van der Waals surface area (Å²) in [4.78, 5) is 23.4. The van der Waals surface area contributed by atoms with Crippen LogP contribution in [0, 0.1) is 0 Å². The van der Waals surface area contributed by atoms with Gasteiger partial charge in [-0.2, -0.15) is 11.3 Å². The van der Waals surface area contributed by atoms with Gasteiger partial charge in [-0.3, -0.25) is 9.59 Å². The van der Waals surface area contributed by atoms with Crippen LogP contribution in [0.2, 0.25) is 0 Å². The third-order valence-corrected chi connectivity index (χ3v) is 3.33. The molecule has 5 nitrogen and oxygen atoms in total. The number of carbonyl (C=O) groups excluding carboxylic acids is 2. The van der Waals surface area contributed by atoms with E-state index in [-0.39, 0.29) is 0 Å². The van der Waals surface area contributed by atoms with Gasteiger partial charge in [-0.05, 0) is 34.5 Å². The number of ether oxygens (including phenoxy) is 1. The zero-order chi connectivity index (χ0) is 14.4. The monoisotopic (exact) mass is 290 g/mol. The molecule has 1 heterocycles. The smallest absolute Gasteiger partial charge is 0.313 e. The van der Waals surface area contributed by atoms with Gasteiger partial charge in [-0.15, -0.1) is 0 Å². The van der Waals surface area contributed by atoms with Crippen LogP contribution < -0.4 is 15.4 Å². The zero-order valence-corrected chi connectivity index (χ0v) is 11.7. The first-order valence-electron chi connectivity index (χ1n) is 5.94. The van der Waals surface area contributed by atoms with Gasteiger partial charge in [0.05, 0.1) is 12.8 Å². The van der Waals surface area contributed by atoms with Crippen LogP contribution in [-0.2, 0) is 16.1 Å². The maximum atomic E-state index is 11.8. The van der Waals surface area contributed by atoms with Crippen LogP contribution in [0.3, 0.4) is 0 Å². The Morgan fingerprint density at radius 3 is 2.70 bits per heavy atom. The van der Waals surface area contributed by atoms with Gasteiger partial charge in [0, 0.05) is 6.54 Å². The summed E-state index contributed by atoms with van der Waals surface area (Å²) in [5.74, 6) is -0.890. The first-order chi connectivity index (χ1) is 9.70. The summed E-state index contributed by atoms with van der Waals surface area (Å²) >= 11 is 1.54. The number of rotatable bonds is 4. The lowest BCUT2D eigenvalue weighted by Crippen LogP contribution is -2.34. The van der Waals surface area contributed by atoms with Gasteiger partial charge in [0.25, 0.3) is 0 Å². The number of nitrogens with one attached hydrogen (secondary N) is 2. The Kier molecular flexibility index (Phi) is 4.73. The van der Waals surface area contributed by atoms with Crippen molar-refractivity contribution in [3.63, 3.8) is 0 Å². The second-order valence-corrected chi connectivity index (χ2v) is 4.75. The minimum Gasteiger partial charge on any atom is -0.495 e. The number of carbonyl (C=O) groups is 2. The lowest BCUT2D eigenvalue weighted by Gasteiger charge is -2.09. The number of hydrogen-bond donors (Lipinski definition) is 2. The number of hydrogen-bond acceptors (Lipinski definition) is 4. The third-order valence-electron chi connectivity index (χ3n) is 2.59. The SMILES string of the molecule is COc1ccccc1NC(=O)C(=O)NCc1ccsc1. The first kappa shape index (κ1) is 14.1. The standard InChI is InChI=1S/C14H14N2O3S/c1-19-12-5-3-2-4-11(12)16-14(18)13(17)15-8-10-6-7-20-9-10/h2-7,9H,8H2,1H3,(H,15,17)(H,16,18). The average molecular weight is 290 g/mol. The van der Waals surface area contributed by atoms with Crippen LogP contribution in [0.4, 0.5) is 5.69 Å². The highest BCUT2D eigenvalue weighted by molar-refractivity contribution is 7.07. The van der Waals surface area contributed by atoms with Gasteiger partial charge in [0.1, 0.15) is 5.75 Å². The number of methoxy groups -OCH3 is 1. The molecule has 0 fully saturated rings. The zero-order valence-electron chi connectivity index (χ0n) is 10.9. The Labute approximate surface area is 120 Å². The van der Waals surface area contributed by atoms with Gasteiger partial charge in [-0.25, -0.2) is 0 Å². The molecule has 2 rings (SSSR count). The molecule has 0 aliphatic carbocycles. The molecule has 6 heteroatoms. The molecule has 2 amide bonds. The van der Waals surface area contributed by atoms with Crippen molar-refractivity contribution in [2.45, 2.75) is 6.54 Å². The fraction of sp³-hybridized carbons (Fsp3) is 0.143. The largest absolute Gasteiger partial charge is 0.495 e. The average Bonchev–Trinajstić information content (AvgIpc) is 2.98. The summed E-state index contributed by atoms with van der Waals surface area (Å²) in [5.41, 5.74) is 1.43. The molecule has 0 saturated carbocycles. The van der Waals surface area contributed by atoms with Gasteiger partial charge in [0.15, 0.2) is 0 Å². The summed E-state index contributed by atoms with van der Waals surface area (Å²) in [6, 6.07) is 8.80. The molecule has 0 aliphatic rings. The van der Waals surface area contributed by atoms with Crippen LogP contribution >= 0.6 is 11.3 Å². The van der Waals surface area contributed by atoms with Crippen molar-refractivity contribution in [1.29, 1.82) is 0 Å². The minimum atomic E-state index is -0.718. The maximum Gasteiger partial charge on any atom is 0.313 e. The minimum absolute atomic E-state index is 0.335. The lowest BCUT2D eigenvalue weighted by atomic mass is 10.3. The van der Waals surface area contributed by atoms with E-state index >= 15 is 0 Å². The third kappa shape index (κ3) is 3.58. The quantitative estimate of drug-likeness (QED) is 0.846. The molecule has 0 atom stereocenters. The number of benzene rings is 1. The molecule has 104 valence electrons. The van der Waals surface area contributed by atoms with Crippen LogP contribution in [0.15, 0.2) is 41.1 Å². The van der Waals surface area contributed by atoms with E-state index in [1.165, 1.54) is 18.4 Å². The fourth-order valence-electron chi connectivity index (χ4n) is 1.58. The van der Waals surface area contributed by atoms with Crippen molar-refractivity contribution in [3.8, 4) is 5.75 Å². The van der Waals surface area contributed by atoms with E-state index in [9.17, 15) is 9.59 Å². The highest BCUT2D eigenvalue weighted by Gasteiger charge is 2.15. The Hall–Kier alpha value is -2.34. The van der Waals surface area contributed by atoms with E-state index in [0.29, 0.717) is 18.0 Å². The van der Waals surface area contributed by atoms with Crippen molar-refractivity contribution in [2.75, 3.05) is 12.4 Å². The highest BCUT2D eigenvalue weighted by Crippen LogP contribution is 2.22. The Balaban J connectivity index is 1.92. The molecular weight excluding hydrogens is 276 g/mol. The normalized spacial score (nSPS) is 9.85. The van der Waals surface area contributed by atoms with Crippen LogP contribution in [0.1, 0.15) is 5.56 Å². The molecule has 1 aromatic heterocycles. The summed E-state index contributed by atoms with van der Waals surface area (Å²) in [5, 5.41) is 8.90. The Morgan fingerprint density at radius 2 is 2.00 bits per heavy atom. The highest BCUT2D eigenvalue weighted by atomic mass is 32.1. The molecular formula is C14H14N2O3S. The van der Waals surface area contributed by atoms with Crippen molar-refractivity contribution in [3.05, 3.63) is 46.7 Å². The number of thiophene rings is 1. The molecule has 0 aliphatic heterocycles. The molecule has 0 bridgehead atoms. The van der Waals surface area contributed by atoms with Gasteiger partial charge >= 0.3 is 11.8 Å². The van der Waals surface area contributed by atoms with Crippen LogP contribution in [-0.4, -0.2) is 18.9 Å². The molecule has 0 unspecified atom stereocenters. The summed E-state index contributed by atoms with van der Waals surface area (Å²) < 4.78 is 5.10. The second-order valence-electron chi connectivity index (χ2n) is 3.97. The maximum absolute atomic E-state index is 11.8. The summed E-state index contributed by atoms with van der Waals surface area (Å²) in [7, 11) is 1.50.